The Bertz CT molecular complexity index is 467. The lowest BCUT2D eigenvalue weighted by Gasteiger charge is -2.21. The van der Waals surface area contributed by atoms with Crippen LogP contribution in [-0.2, 0) is 0 Å². The van der Waals surface area contributed by atoms with Crippen molar-refractivity contribution in [3.05, 3.63) is 4.88 Å². The molecule has 0 aromatic carbocycles. The lowest BCUT2D eigenvalue weighted by Crippen LogP contribution is -2.24. The van der Waals surface area contributed by atoms with Gasteiger partial charge in [-0.15, -0.1) is 23.1 Å². The van der Waals surface area contributed by atoms with Crippen LogP contribution < -0.4 is 11.1 Å². The summed E-state index contributed by atoms with van der Waals surface area (Å²) in [6.45, 7) is 10.4. The van der Waals surface area contributed by atoms with Crippen LogP contribution in [0.4, 0.5) is 10.7 Å². The molecule has 1 unspecified atom stereocenters. The van der Waals surface area contributed by atoms with Gasteiger partial charge in [0.15, 0.2) is 5.78 Å². The van der Waals surface area contributed by atoms with E-state index in [1.807, 2.05) is 20.1 Å². The van der Waals surface area contributed by atoms with Gasteiger partial charge in [-0.2, -0.15) is 0 Å². The van der Waals surface area contributed by atoms with Crippen LogP contribution in [0.25, 0.3) is 0 Å². The van der Waals surface area contributed by atoms with E-state index in [2.05, 4.69) is 26.1 Å². The van der Waals surface area contributed by atoms with Crippen molar-refractivity contribution in [2.24, 2.45) is 11.8 Å². The second-order valence-corrected chi connectivity index (χ2v) is 7.47. The van der Waals surface area contributed by atoms with E-state index in [1.54, 1.807) is 11.8 Å². The number of rotatable bonds is 7. The number of anilines is 2. The van der Waals surface area contributed by atoms with Crippen LogP contribution in [0.1, 0.15) is 50.7 Å². The van der Waals surface area contributed by atoms with Crippen molar-refractivity contribution in [2.45, 2.75) is 52.0 Å². The zero-order valence-corrected chi connectivity index (χ0v) is 14.9. The van der Waals surface area contributed by atoms with Crippen molar-refractivity contribution >= 4 is 39.6 Å². The van der Waals surface area contributed by atoms with E-state index in [0.29, 0.717) is 22.5 Å². The highest BCUT2D eigenvalue weighted by Gasteiger charge is 2.24. The fourth-order valence-electron chi connectivity index (χ4n) is 2.08. The van der Waals surface area contributed by atoms with Crippen molar-refractivity contribution in [2.75, 3.05) is 17.3 Å². The number of hydrogen-bond acceptors (Lipinski definition) is 5. The molecule has 3 N–H and O–H groups in total. The molecule has 0 saturated heterocycles. The molecule has 114 valence electrons. The molecule has 3 nitrogen and oxygen atoms in total. The summed E-state index contributed by atoms with van der Waals surface area (Å²) in [6, 6.07) is 0.404. The molecule has 0 aliphatic heterocycles. The van der Waals surface area contributed by atoms with Crippen molar-refractivity contribution in [3.8, 4) is 0 Å². The molecule has 0 saturated carbocycles. The van der Waals surface area contributed by atoms with Crippen LogP contribution in [-0.4, -0.2) is 18.1 Å². The van der Waals surface area contributed by atoms with Crippen LogP contribution >= 0.6 is 23.1 Å². The molecule has 0 amide bonds. The fourth-order valence-corrected chi connectivity index (χ4v) is 4.25. The monoisotopic (exact) mass is 314 g/mol. The number of Topliss-reactive ketones (excluding diaryl/α,β-unsaturated/α-hetero) is 1. The number of nitrogen functional groups attached to an aromatic ring is 1. The van der Waals surface area contributed by atoms with Crippen LogP contribution in [0.2, 0.25) is 0 Å². The van der Waals surface area contributed by atoms with E-state index in [9.17, 15) is 4.79 Å². The molecule has 0 radical (unpaired) electrons. The van der Waals surface area contributed by atoms with Crippen LogP contribution in [0, 0.1) is 11.8 Å². The Kier molecular flexibility index (Phi) is 6.40. The molecule has 0 aliphatic carbocycles. The predicted octanol–water partition coefficient (Wildman–Crippen LogP) is 4.74. The summed E-state index contributed by atoms with van der Waals surface area (Å²) in [6.07, 6.45) is 3.06. The number of nitrogens with two attached hydrogens (primary N) is 1. The summed E-state index contributed by atoms with van der Waals surface area (Å²) in [4.78, 5) is 13.9. The van der Waals surface area contributed by atoms with Crippen molar-refractivity contribution < 1.29 is 4.79 Å². The van der Waals surface area contributed by atoms with Gasteiger partial charge in [0.05, 0.1) is 15.5 Å². The lowest BCUT2D eigenvalue weighted by atomic mass is 10.0. The zero-order chi connectivity index (χ0) is 15.4. The SMILES string of the molecule is CCC(Nc1sc(C(=O)C(C)C)c(N)c1SC)C(C)C. The van der Waals surface area contributed by atoms with E-state index in [-0.39, 0.29) is 11.7 Å². The maximum Gasteiger partial charge on any atom is 0.177 e. The molecular weight excluding hydrogens is 288 g/mol. The molecule has 0 aliphatic rings. The molecule has 0 spiro atoms. The van der Waals surface area contributed by atoms with E-state index >= 15 is 0 Å². The third kappa shape index (κ3) is 3.70. The zero-order valence-electron chi connectivity index (χ0n) is 13.2. The van der Waals surface area contributed by atoms with Gasteiger partial charge < -0.3 is 11.1 Å². The predicted molar refractivity (Wildman–Crippen MR) is 92.2 cm³/mol. The first kappa shape index (κ1) is 17.4. The normalized spacial score (nSPS) is 13.0. The Balaban J connectivity index is 3.14. The summed E-state index contributed by atoms with van der Waals surface area (Å²) < 4.78 is 0. The molecular formula is C15H26N2OS2. The number of thiophene rings is 1. The molecule has 20 heavy (non-hydrogen) atoms. The van der Waals surface area contributed by atoms with E-state index in [1.165, 1.54) is 11.3 Å². The molecule has 1 atom stereocenters. The van der Waals surface area contributed by atoms with Gasteiger partial charge in [-0.05, 0) is 18.6 Å². The Labute approximate surface area is 130 Å². The number of ketones is 1. The van der Waals surface area contributed by atoms with Crippen LogP contribution in [0.5, 0.6) is 0 Å². The Morgan fingerprint density at radius 3 is 2.35 bits per heavy atom. The van der Waals surface area contributed by atoms with Crippen molar-refractivity contribution in [1.82, 2.24) is 0 Å². The third-order valence-corrected chi connectivity index (χ3v) is 5.53. The van der Waals surface area contributed by atoms with Gasteiger partial charge in [-0.1, -0.05) is 34.6 Å². The maximum absolute atomic E-state index is 12.2. The second kappa shape index (κ2) is 7.36. The molecule has 1 aromatic rings. The first-order valence-electron chi connectivity index (χ1n) is 7.10. The minimum Gasteiger partial charge on any atom is -0.396 e. The van der Waals surface area contributed by atoms with Gasteiger partial charge in [0, 0.05) is 12.0 Å². The number of nitrogens with one attached hydrogen (secondary N) is 1. The van der Waals surface area contributed by atoms with E-state index in [4.69, 9.17) is 5.73 Å². The average molecular weight is 315 g/mol. The molecule has 5 heteroatoms. The van der Waals surface area contributed by atoms with Gasteiger partial charge in [-0.25, -0.2) is 0 Å². The van der Waals surface area contributed by atoms with Gasteiger partial charge in [0.1, 0.15) is 5.00 Å². The molecule has 1 heterocycles. The van der Waals surface area contributed by atoms with Gasteiger partial charge in [0.25, 0.3) is 0 Å². The Morgan fingerprint density at radius 2 is 1.95 bits per heavy atom. The van der Waals surface area contributed by atoms with Gasteiger partial charge in [0.2, 0.25) is 0 Å². The average Bonchev–Trinajstić information content (AvgIpc) is 2.70. The minimum absolute atomic E-state index is 0.0226. The quantitative estimate of drug-likeness (QED) is 0.564. The van der Waals surface area contributed by atoms with E-state index < -0.39 is 0 Å². The summed E-state index contributed by atoms with van der Waals surface area (Å²) in [5.41, 5.74) is 6.82. The number of carbonyl (C=O) groups excluding carboxylic acids is 1. The smallest absolute Gasteiger partial charge is 0.177 e. The van der Waals surface area contributed by atoms with Crippen molar-refractivity contribution in [3.63, 3.8) is 0 Å². The first-order valence-corrected chi connectivity index (χ1v) is 9.14. The summed E-state index contributed by atoms with van der Waals surface area (Å²) in [7, 11) is 0. The Morgan fingerprint density at radius 1 is 1.35 bits per heavy atom. The molecule has 0 bridgehead atoms. The van der Waals surface area contributed by atoms with Gasteiger partial charge in [-0.3, -0.25) is 4.79 Å². The highest BCUT2D eigenvalue weighted by Crippen LogP contribution is 2.43. The highest BCUT2D eigenvalue weighted by molar-refractivity contribution is 7.99. The first-order chi connectivity index (χ1) is 9.33. The molecule has 1 rings (SSSR count). The third-order valence-electron chi connectivity index (χ3n) is 3.41. The molecule has 1 aromatic heterocycles. The summed E-state index contributed by atoms with van der Waals surface area (Å²) in [5.74, 6) is 0.654. The topological polar surface area (TPSA) is 55.1 Å². The second-order valence-electron chi connectivity index (χ2n) is 5.63. The minimum atomic E-state index is -0.0226. The highest BCUT2D eigenvalue weighted by atomic mass is 32.2. The number of carbonyl (C=O) groups is 1. The van der Waals surface area contributed by atoms with Crippen LogP contribution in [0.15, 0.2) is 4.90 Å². The van der Waals surface area contributed by atoms with Crippen molar-refractivity contribution in [1.29, 1.82) is 0 Å². The lowest BCUT2D eigenvalue weighted by molar-refractivity contribution is 0.0944. The number of hydrogen-bond donors (Lipinski definition) is 2. The standard InChI is InChI=1S/C15H26N2OS2/c1-7-10(8(2)3)17-15-14(19-6)11(16)13(20-15)12(18)9(4)5/h8-10,17H,7,16H2,1-6H3. The summed E-state index contributed by atoms with van der Waals surface area (Å²) in [5, 5.41) is 4.61. The largest absolute Gasteiger partial charge is 0.396 e. The fraction of sp³-hybridized carbons (Fsp3) is 0.667. The molecule has 0 fully saturated rings. The Hall–Kier alpha value is -0.680. The number of thioether (sulfide) groups is 1. The van der Waals surface area contributed by atoms with Gasteiger partial charge >= 0.3 is 0 Å². The maximum atomic E-state index is 12.2. The summed E-state index contributed by atoms with van der Waals surface area (Å²) >= 11 is 3.11. The van der Waals surface area contributed by atoms with E-state index in [0.717, 1.165) is 16.3 Å². The van der Waals surface area contributed by atoms with Crippen LogP contribution in [0.3, 0.4) is 0 Å².